The number of nitrogen functional groups attached to an aromatic ring is 1. The minimum Gasteiger partial charge on any atom is -0.308 e. The van der Waals surface area contributed by atoms with Crippen LogP contribution in [0.1, 0.15) is 30.1 Å². The smallest absolute Gasteiger partial charge is 0.147 e. The van der Waals surface area contributed by atoms with Crippen molar-refractivity contribution in [3.05, 3.63) is 34.2 Å². The van der Waals surface area contributed by atoms with Gasteiger partial charge in [-0.3, -0.25) is 0 Å². The Hall–Kier alpha value is -1.18. The van der Waals surface area contributed by atoms with Crippen molar-refractivity contribution >= 4 is 33.5 Å². The molecule has 0 aromatic carbocycles. The fourth-order valence-corrected chi connectivity index (χ4v) is 3.16. The van der Waals surface area contributed by atoms with Gasteiger partial charge in [-0.2, -0.15) is 0 Å². The third-order valence-electron chi connectivity index (χ3n) is 3.12. The van der Waals surface area contributed by atoms with Crippen molar-refractivity contribution in [2.75, 3.05) is 5.43 Å². The van der Waals surface area contributed by atoms with E-state index in [2.05, 4.69) is 36.3 Å². The number of pyridine rings is 1. The number of nitrogens with one attached hydrogen (secondary N) is 1. The zero-order valence-electron chi connectivity index (χ0n) is 10.9. The second-order valence-electron chi connectivity index (χ2n) is 4.67. The first-order valence-electron chi connectivity index (χ1n) is 6.32. The molecule has 5 nitrogen and oxygen atoms in total. The van der Waals surface area contributed by atoms with Crippen LogP contribution in [-0.4, -0.2) is 15.0 Å². The Morgan fingerprint density at radius 3 is 2.80 bits per heavy atom. The van der Waals surface area contributed by atoms with Crippen molar-refractivity contribution in [1.82, 2.24) is 15.0 Å². The maximum atomic E-state index is 5.56. The number of anilines is 1. The molecule has 20 heavy (non-hydrogen) atoms. The average molecular weight is 352 g/mol. The molecule has 1 aliphatic rings. The van der Waals surface area contributed by atoms with Crippen molar-refractivity contribution in [3.8, 4) is 0 Å². The molecule has 0 aliphatic heterocycles. The van der Waals surface area contributed by atoms with Crippen LogP contribution in [0, 0.1) is 6.92 Å². The standard InChI is InChI=1S/C13H14BrN5S/c1-7-10(19-15)17-11(8-4-5-8)18-12(7)20-13-9(14)3-2-6-16-13/h2-3,6,8H,4-5,15H2,1H3,(H,17,18,19). The average Bonchev–Trinajstić information content (AvgIpc) is 3.28. The normalized spacial score (nSPS) is 14.3. The maximum Gasteiger partial charge on any atom is 0.147 e. The van der Waals surface area contributed by atoms with Crippen LogP contribution in [0.3, 0.4) is 0 Å². The van der Waals surface area contributed by atoms with Crippen LogP contribution in [0.15, 0.2) is 32.9 Å². The highest BCUT2D eigenvalue weighted by Crippen LogP contribution is 2.41. The van der Waals surface area contributed by atoms with E-state index < -0.39 is 0 Å². The minimum absolute atomic E-state index is 0.481. The van der Waals surface area contributed by atoms with Crippen LogP contribution in [0.2, 0.25) is 0 Å². The van der Waals surface area contributed by atoms with Crippen LogP contribution in [0.4, 0.5) is 5.82 Å². The lowest BCUT2D eigenvalue weighted by Gasteiger charge is -2.11. The summed E-state index contributed by atoms with van der Waals surface area (Å²) >= 11 is 5.03. The Balaban J connectivity index is 1.99. The number of hydrogen-bond acceptors (Lipinski definition) is 6. The van der Waals surface area contributed by atoms with E-state index in [-0.39, 0.29) is 0 Å². The predicted octanol–water partition coefficient (Wildman–Crippen LogP) is 3.26. The van der Waals surface area contributed by atoms with Gasteiger partial charge in [-0.25, -0.2) is 20.8 Å². The molecule has 0 amide bonds. The quantitative estimate of drug-likeness (QED) is 0.500. The molecule has 1 fully saturated rings. The topological polar surface area (TPSA) is 76.7 Å². The van der Waals surface area contributed by atoms with Gasteiger partial charge in [0.25, 0.3) is 0 Å². The Labute approximate surface area is 129 Å². The lowest BCUT2D eigenvalue weighted by atomic mass is 10.3. The highest BCUT2D eigenvalue weighted by molar-refractivity contribution is 9.10. The summed E-state index contributed by atoms with van der Waals surface area (Å²) in [6.07, 6.45) is 4.09. The summed E-state index contributed by atoms with van der Waals surface area (Å²) in [5, 5.41) is 1.79. The molecule has 0 radical (unpaired) electrons. The van der Waals surface area contributed by atoms with Gasteiger partial charge in [-0.1, -0.05) is 0 Å². The van der Waals surface area contributed by atoms with E-state index in [0.29, 0.717) is 11.7 Å². The lowest BCUT2D eigenvalue weighted by molar-refractivity contribution is 0.860. The molecule has 1 aliphatic carbocycles. The molecule has 3 N–H and O–H groups in total. The third kappa shape index (κ3) is 2.79. The highest BCUT2D eigenvalue weighted by Gasteiger charge is 2.28. The summed E-state index contributed by atoms with van der Waals surface area (Å²) in [5.74, 6) is 7.60. The lowest BCUT2D eigenvalue weighted by Crippen LogP contribution is -2.13. The number of hydrogen-bond donors (Lipinski definition) is 2. The van der Waals surface area contributed by atoms with Crippen molar-refractivity contribution in [2.24, 2.45) is 5.84 Å². The number of halogens is 1. The van der Waals surface area contributed by atoms with Crippen LogP contribution in [-0.2, 0) is 0 Å². The minimum atomic E-state index is 0.481. The largest absolute Gasteiger partial charge is 0.308 e. The van der Waals surface area contributed by atoms with E-state index in [9.17, 15) is 0 Å². The molecule has 1 saturated carbocycles. The number of nitrogens with zero attached hydrogens (tertiary/aromatic N) is 3. The summed E-state index contributed by atoms with van der Waals surface area (Å²) in [7, 11) is 0. The van der Waals surface area contributed by atoms with Crippen molar-refractivity contribution in [2.45, 2.75) is 35.7 Å². The van der Waals surface area contributed by atoms with Gasteiger partial charge >= 0.3 is 0 Å². The van der Waals surface area contributed by atoms with Gasteiger partial charge in [-0.15, -0.1) is 0 Å². The van der Waals surface area contributed by atoms with Crippen molar-refractivity contribution in [1.29, 1.82) is 0 Å². The number of rotatable bonds is 4. The molecule has 2 aromatic rings. The maximum absolute atomic E-state index is 5.56. The molecule has 0 atom stereocenters. The van der Waals surface area contributed by atoms with Crippen LogP contribution >= 0.6 is 27.7 Å². The zero-order chi connectivity index (χ0) is 14.1. The molecule has 0 saturated heterocycles. The SMILES string of the molecule is Cc1c(NN)nc(C2CC2)nc1Sc1ncccc1Br. The molecule has 3 rings (SSSR count). The van der Waals surface area contributed by atoms with Crippen molar-refractivity contribution < 1.29 is 0 Å². The summed E-state index contributed by atoms with van der Waals surface area (Å²) < 4.78 is 0.957. The van der Waals surface area contributed by atoms with E-state index in [0.717, 1.165) is 38.8 Å². The molecule has 7 heteroatoms. The van der Waals surface area contributed by atoms with Gasteiger partial charge in [0.05, 0.1) is 4.47 Å². The number of aromatic nitrogens is 3. The van der Waals surface area contributed by atoms with E-state index in [4.69, 9.17) is 5.84 Å². The molecular formula is C13H14BrN5S. The van der Waals surface area contributed by atoms with Gasteiger partial charge in [0, 0.05) is 17.7 Å². The summed E-state index contributed by atoms with van der Waals surface area (Å²) in [6, 6.07) is 3.86. The Bertz CT molecular complexity index is 645. The summed E-state index contributed by atoms with van der Waals surface area (Å²) in [5.41, 5.74) is 3.61. The second kappa shape index (κ2) is 5.67. The fourth-order valence-electron chi connectivity index (χ4n) is 1.81. The number of hydrazine groups is 1. The van der Waals surface area contributed by atoms with Crippen molar-refractivity contribution in [3.63, 3.8) is 0 Å². The van der Waals surface area contributed by atoms with E-state index >= 15 is 0 Å². The van der Waals surface area contributed by atoms with Gasteiger partial charge in [-0.05, 0) is 59.6 Å². The van der Waals surface area contributed by atoms with E-state index in [1.54, 1.807) is 6.20 Å². The van der Waals surface area contributed by atoms with Crippen LogP contribution < -0.4 is 11.3 Å². The first-order valence-corrected chi connectivity index (χ1v) is 7.93. The fraction of sp³-hybridized carbons (Fsp3) is 0.308. The van der Waals surface area contributed by atoms with Gasteiger partial charge in [0.1, 0.15) is 21.7 Å². The highest BCUT2D eigenvalue weighted by atomic mass is 79.9. The van der Waals surface area contributed by atoms with E-state index in [1.165, 1.54) is 11.8 Å². The third-order valence-corrected chi connectivity index (χ3v) is 5.13. The zero-order valence-corrected chi connectivity index (χ0v) is 13.3. The summed E-state index contributed by atoms with van der Waals surface area (Å²) in [4.78, 5) is 13.5. The van der Waals surface area contributed by atoms with Gasteiger partial charge in [0.15, 0.2) is 0 Å². The Morgan fingerprint density at radius 1 is 1.35 bits per heavy atom. The molecule has 0 unspecified atom stereocenters. The van der Waals surface area contributed by atoms with E-state index in [1.807, 2.05) is 19.1 Å². The summed E-state index contributed by atoms with van der Waals surface area (Å²) in [6.45, 7) is 1.96. The van der Waals surface area contributed by atoms with Gasteiger partial charge in [0.2, 0.25) is 0 Å². The molecule has 0 spiro atoms. The Morgan fingerprint density at radius 2 is 2.15 bits per heavy atom. The monoisotopic (exact) mass is 351 g/mol. The molecule has 104 valence electrons. The first kappa shape index (κ1) is 13.8. The molecule has 0 bridgehead atoms. The molecule has 2 heterocycles. The second-order valence-corrected chi connectivity index (χ2v) is 6.50. The number of nitrogens with two attached hydrogens (primary N) is 1. The molecule has 2 aromatic heterocycles. The molecular weight excluding hydrogens is 338 g/mol. The van der Waals surface area contributed by atoms with Gasteiger partial charge < -0.3 is 5.43 Å². The Kier molecular flexibility index (Phi) is 3.91. The van der Waals surface area contributed by atoms with Crippen LogP contribution in [0.5, 0.6) is 0 Å². The predicted molar refractivity (Wildman–Crippen MR) is 82.6 cm³/mol. The van der Waals surface area contributed by atoms with Crippen LogP contribution in [0.25, 0.3) is 0 Å². The first-order chi connectivity index (χ1) is 9.69.